The van der Waals surface area contributed by atoms with Crippen LogP contribution >= 0.6 is 0 Å². The molecule has 0 fully saturated rings. The number of nitrogens with one attached hydrogen (secondary N) is 2. The summed E-state index contributed by atoms with van der Waals surface area (Å²) in [5.41, 5.74) is 3.01. The average molecular weight is 357 g/mol. The van der Waals surface area contributed by atoms with E-state index in [1.807, 2.05) is 61.5 Å². The highest BCUT2D eigenvalue weighted by atomic mass is 16.5. The minimum absolute atomic E-state index is 0.0603. The average Bonchev–Trinajstić information content (AvgIpc) is 2.65. The van der Waals surface area contributed by atoms with Gasteiger partial charge in [0.15, 0.2) is 11.5 Å². The van der Waals surface area contributed by atoms with Crippen molar-refractivity contribution in [2.45, 2.75) is 6.42 Å². The number of nitrogens with zero attached hydrogens (tertiary/aromatic N) is 1. The van der Waals surface area contributed by atoms with Gasteiger partial charge in [-0.3, -0.25) is 4.79 Å². The fourth-order valence-corrected chi connectivity index (χ4v) is 2.52. The number of amides is 1. The van der Waals surface area contributed by atoms with Crippen LogP contribution in [0.15, 0.2) is 42.5 Å². The van der Waals surface area contributed by atoms with E-state index in [-0.39, 0.29) is 12.5 Å². The lowest BCUT2D eigenvalue weighted by Crippen LogP contribution is -2.29. The molecule has 0 bridgehead atoms. The highest BCUT2D eigenvalue weighted by Gasteiger charge is 2.05. The lowest BCUT2D eigenvalue weighted by molar-refractivity contribution is -0.115. The van der Waals surface area contributed by atoms with Crippen molar-refractivity contribution in [3.05, 3.63) is 48.0 Å². The summed E-state index contributed by atoms with van der Waals surface area (Å²) in [6.07, 6.45) is 0.797. The maximum absolute atomic E-state index is 12.0. The van der Waals surface area contributed by atoms with Crippen molar-refractivity contribution in [3.8, 4) is 11.5 Å². The second-order valence-electron chi connectivity index (χ2n) is 6.11. The minimum Gasteiger partial charge on any atom is -0.493 e. The molecule has 6 heteroatoms. The van der Waals surface area contributed by atoms with Gasteiger partial charge in [-0.05, 0) is 54.9 Å². The highest BCUT2D eigenvalue weighted by molar-refractivity contribution is 5.92. The lowest BCUT2D eigenvalue weighted by Gasteiger charge is -2.13. The van der Waals surface area contributed by atoms with Gasteiger partial charge in [0, 0.05) is 25.5 Å². The molecule has 0 unspecified atom stereocenters. The summed E-state index contributed by atoms with van der Waals surface area (Å²) in [6, 6.07) is 13.6. The summed E-state index contributed by atoms with van der Waals surface area (Å²) in [4.78, 5) is 14.0. The number of carbonyl (C=O) groups excluding carboxylic acids is 1. The van der Waals surface area contributed by atoms with Gasteiger partial charge in [0.1, 0.15) is 0 Å². The molecule has 0 aromatic heterocycles. The molecule has 0 saturated carbocycles. The SMILES string of the molecule is COc1ccc(CCNCC(=O)Nc2ccc(N(C)C)cc2)cc1OC. The Kier molecular flexibility index (Phi) is 7.29. The first kappa shape index (κ1) is 19.6. The molecule has 0 spiro atoms. The molecule has 6 nitrogen and oxygen atoms in total. The number of benzene rings is 2. The zero-order chi connectivity index (χ0) is 18.9. The van der Waals surface area contributed by atoms with Gasteiger partial charge in [0.05, 0.1) is 20.8 Å². The number of hydrogen-bond acceptors (Lipinski definition) is 5. The number of hydrogen-bond donors (Lipinski definition) is 2. The van der Waals surface area contributed by atoms with Gasteiger partial charge in [-0.2, -0.15) is 0 Å². The van der Waals surface area contributed by atoms with Crippen molar-refractivity contribution in [1.29, 1.82) is 0 Å². The normalized spacial score (nSPS) is 10.3. The number of rotatable bonds is 9. The number of ether oxygens (including phenoxy) is 2. The molecule has 0 saturated heterocycles. The zero-order valence-electron chi connectivity index (χ0n) is 15.8. The van der Waals surface area contributed by atoms with Gasteiger partial charge >= 0.3 is 0 Å². The van der Waals surface area contributed by atoms with Crippen molar-refractivity contribution >= 4 is 17.3 Å². The van der Waals surface area contributed by atoms with E-state index < -0.39 is 0 Å². The zero-order valence-corrected chi connectivity index (χ0v) is 15.8. The Morgan fingerprint density at radius 2 is 1.69 bits per heavy atom. The summed E-state index contributed by atoms with van der Waals surface area (Å²) < 4.78 is 10.5. The molecule has 2 N–H and O–H groups in total. The molecule has 0 atom stereocenters. The topological polar surface area (TPSA) is 62.8 Å². The third-order valence-corrected chi connectivity index (χ3v) is 3.99. The van der Waals surface area contributed by atoms with Crippen LogP contribution in [0.4, 0.5) is 11.4 Å². The van der Waals surface area contributed by atoms with Gasteiger partial charge in [0.25, 0.3) is 0 Å². The van der Waals surface area contributed by atoms with Crippen molar-refractivity contribution in [2.75, 3.05) is 51.6 Å². The Balaban J connectivity index is 1.74. The van der Waals surface area contributed by atoms with Crippen LogP contribution in [0.2, 0.25) is 0 Å². The highest BCUT2D eigenvalue weighted by Crippen LogP contribution is 2.27. The van der Waals surface area contributed by atoms with Crippen LogP contribution in [-0.2, 0) is 11.2 Å². The summed E-state index contributed by atoms with van der Waals surface area (Å²) in [5.74, 6) is 1.36. The number of anilines is 2. The molecule has 0 heterocycles. The van der Waals surface area contributed by atoms with Gasteiger partial charge in [-0.1, -0.05) is 6.07 Å². The monoisotopic (exact) mass is 357 g/mol. The Labute approximate surface area is 155 Å². The van der Waals surface area contributed by atoms with Crippen molar-refractivity contribution in [3.63, 3.8) is 0 Å². The molecule has 140 valence electrons. The predicted molar refractivity (Wildman–Crippen MR) is 106 cm³/mol. The molecular formula is C20H27N3O3. The fourth-order valence-electron chi connectivity index (χ4n) is 2.52. The molecule has 2 rings (SSSR count). The molecule has 2 aromatic carbocycles. The van der Waals surface area contributed by atoms with E-state index in [2.05, 4.69) is 10.6 Å². The van der Waals surface area contributed by atoms with E-state index >= 15 is 0 Å². The molecule has 0 radical (unpaired) electrons. The second-order valence-corrected chi connectivity index (χ2v) is 6.11. The molecular weight excluding hydrogens is 330 g/mol. The van der Waals surface area contributed by atoms with Crippen LogP contribution in [0.25, 0.3) is 0 Å². The standard InChI is InChI=1S/C20H27N3O3/c1-23(2)17-8-6-16(7-9-17)22-20(24)14-21-12-11-15-5-10-18(25-3)19(13-15)26-4/h5-10,13,21H,11-12,14H2,1-4H3,(H,22,24). The minimum atomic E-state index is -0.0603. The molecule has 1 amide bonds. The van der Waals surface area contributed by atoms with Crippen LogP contribution in [0, 0.1) is 0 Å². The van der Waals surface area contributed by atoms with Crippen LogP contribution < -0.4 is 25.0 Å². The Morgan fingerprint density at radius 1 is 1.00 bits per heavy atom. The van der Waals surface area contributed by atoms with Gasteiger partial charge in [0.2, 0.25) is 5.91 Å². The smallest absolute Gasteiger partial charge is 0.238 e. The largest absolute Gasteiger partial charge is 0.493 e. The fraction of sp³-hybridized carbons (Fsp3) is 0.350. The van der Waals surface area contributed by atoms with Gasteiger partial charge in [-0.15, -0.1) is 0 Å². The number of carbonyl (C=O) groups is 1. The Hall–Kier alpha value is -2.73. The van der Waals surface area contributed by atoms with Crippen LogP contribution in [0.1, 0.15) is 5.56 Å². The van der Waals surface area contributed by atoms with E-state index in [1.54, 1.807) is 14.2 Å². The summed E-state index contributed by atoms with van der Waals surface area (Å²) >= 11 is 0. The molecule has 0 aliphatic carbocycles. The summed E-state index contributed by atoms with van der Waals surface area (Å²) in [5, 5.41) is 6.04. The third-order valence-electron chi connectivity index (χ3n) is 3.99. The number of methoxy groups -OCH3 is 2. The van der Waals surface area contributed by atoms with E-state index in [4.69, 9.17) is 9.47 Å². The van der Waals surface area contributed by atoms with E-state index in [0.29, 0.717) is 18.0 Å². The van der Waals surface area contributed by atoms with Crippen LogP contribution in [0.5, 0.6) is 11.5 Å². The summed E-state index contributed by atoms with van der Waals surface area (Å²) in [6.45, 7) is 0.963. The quantitative estimate of drug-likeness (QED) is 0.676. The molecule has 0 aliphatic rings. The van der Waals surface area contributed by atoms with E-state index in [9.17, 15) is 4.79 Å². The Morgan fingerprint density at radius 3 is 2.31 bits per heavy atom. The van der Waals surface area contributed by atoms with Gasteiger partial charge in [-0.25, -0.2) is 0 Å². The lowest BCUT2D eigenvalue weighted by atomic mass is 10.1. The predicted octanol–water partition coefficient (Wildman–Crippen LogP) is 2.54. The van der Waals surface area contributed by atoms with E-state index in [0.717, 1.165) is 23.4 Å². The van der Waals surface area contributed by atoms with Crippen LogP contribution in [-0.4, -0.2) is 47.3 Å². The summed E-state index contributed by atoms with van der Waals surface area (Å²) in [7, 11) is 7.20. The maximum atomic E-state index is 12.0. The van der Waals surface area contributed by atoms with E-state index in [1.165, 1.54) is 0 Å². The first-order chi connectivity index (χ1) is 12.5. The first-order valence-electron chi connectivity index (χ1n) is 8.52. The molecule has 2 aromatic rings. The second kappa shape index (κ2) is 9.68. The Bertz CT molecular complexity index is 715. The first-order valence-corrected chi connectivity index (χ1v) is 8.52. The van der Waals surface area contributed by atoms with Crippen LogP contribution in [0.3, 0.4) is 0 Å². The maximum Gasteiger partial charge on any atom is 0.238 e. The molecule has 26 heavy (non-hydrogen) atoms. The third kappa shape index (κ3) is 5.67. The van der Waals surface area contributed by atoms with Crippen molar-refractivity contribution in [1.82, 2.24) is 5.32 Å². The van der Waals surface area contributed by atoms with Crippen molar-refractivity contribution < 1.29 is 14.3 Å². The molecule has 0 aliphatic heterocycles. The van der Waals surface area contributed by atoms with Gasteiger partial charge < -0.3 is 25.0 Å². The van der Waals surface area contributed by atoms with Crippen molar-refractivity contribution in [2.24, 2.45) is 0 Å².